The smallest absolute Gasteiger partial charge is 0.164 e. The zero-order chi connectivity index (χ0) is 12.1. The van der Waals surface area contributed by atoms with Gasteiger partial charge in [0, 0.05) is 12.6 Å². The lowest BCUT2D eigenvalue weighted by Gasteiger charge is -2.20. The van der Waals surface area contributed by atoms with Crippen LogP contribution in [-0.2, 0) is 13.1 Å². The predicted molar refractivity (Wildman–Crippen MR) is 68.6 cm³/mol. The van der Waals surface area contributed by atoms with Crippen molar-refractivity contribution < 1.29 is 0 Å². The van der Waals surface area contributed by atoms with Gasteiger partial charge in [-0.05, 0) is 18.8 Å². The maximum Gasteiger partial charge on any atom is 0.164 e. The molecule has 1 N–H and O–H groups in total. The van der Waals surface area contributed by atoms with Crippen molar-refractivity contribution in [2.45, 2.75) is 65.1 Å². The molecule has 0 spiro atoms. The highest BCUT2D eigenvalue weighted by molar-refractivity contribution is 4.82. The van der Waals surface area contributed by atoms with Gasteiger partial charge in [0.05, 0.1) is 6.54 Å². The lowest BCUT2D eigenvalue weighted by Crippen LogP contribution is -2.22. The molecule has 0 unspecified atom stereocenters. The quantitative estimate of drug-likeness (QED) is 0.853. The van der Waals surface area contributed by atoms with Crippen LogP contribution in [0, 0.1) is 5.92 Å². The summed E-state index contributed by atoms with van der Waals surface area (Å²) >= 11 is 0. The zero-order valence-electron chi connectivity index (χ0n) is 11.0. The normalized spacial score (nSPS) is 17.8. The van der Waals surface area contributed by atoms with Crippen LogP contribution in [0.5, 0.6) is 0 Å². The molecule has 1 aromatic rings. The Morgan fingerprint density at radius 1 is 1.35 bits per heavy atom. The molecule has 0 saturated heterocycles. The topological polar surface area (TPSA) is 42.7 Å². The van der Waals surface area contributed by atoms with E-state index in [-0.39, 0.29) is 0 Å². The van der Waals surface area contributed by atoms with E-state index >= 15 is 0 Å². The van der Waals surface area contributed by atoms with E-state index in [0.29, 0.717) is 6.04 Å². The first-order valence-electron chi connectivity index (χ1n) is 6.86. The molecule has 2 rings (SSSR count). The van der Waals surface area contributed by atoms with Gasteiger partial charge in [-0.1, -0.05) is 33.1 Å². The van der Waals surface area contributed by atoms with Crippen LogP contribution in [0.2, 0.25) is 0 Å². The van der Waals surface area contributed by atoms with Gasteiger partial charge in [0.1, 0.15) is 6.33 Å². The number of nitrogens with zero attached hydrogens (tertiary/aromatic N) is 3. The highest BCUT2D eigenvalue weighted by Crippen LogP contribution is 2.24. The van der Waals surface area contributed by atoms with Crippen LogP contribution in [-0.4, -0.2) is 20.8 Å². The summed E-state index contributed by atoms with van der Waals surface area (Å²) in [5.74, 6) is 1.73. The van der Waals surface area contributed by atoms with E-state index in [0.717, 1.165) is 24.8 Å². The molecule has 0 amide bonds. The molecule has 1 aliphatic rings. The van der Waals surface area contributed by atoms with Crippen molar-refractivity contribution in [3.8, 4) is 0 Å². The molecule has 4 heteroatoms. The first-order chi connectivity index (χ1) is 8.24. The van der Waals surface area contributed by atoms with Gasteiger partial charge in [-0.3, -0.25) is 4.68 Å². The summed E-state index contributed by atoms with van der Waals surface area (Å²) in [6, 6.07) is 0.486. The molecular formula is C13H24N4. The van der Waals surface area contributed by atoms with Gasteiger partial charge in [-0.15, -0.1) is 0 Å². The molecule has 1 fully saturated rings. The molecule has 17 heavy (non-hydrogen) atoms. The van der Waals surface area contributed by atoms with E-state index in [2.05, 4.69) is 29.2 Å². The monoisotopic (exact) mass is 236 g/mol. The Bertz CT molecular complexity index is 326. The Labute approximate surface area is 104 Å². The Balaban J connectivity index is 1.80. The molecule has 1 aliphatic carbocycles. The molecule has 0 aliphatic heterocycles. The van der Waals surface area contributed by atoms with Gasteiger partial charge < -0.3 is 5.32 Å². The lowest BCUT2D eigenvalue weighted by molar-refractivity contribution is 0.307. The second-order valence-corrected chi connectivity index (χ2v) is 5.42. The molecule has 96 valence electrons. The van der Waals surface area contributed by atoms with Crippen molar-refractivity contribution in [3.63, 3.8) is 0 Å². The van der Waals surface area contributed by atoms with Crippen molar-refractivity contribution in [2.75, 3.05) is 0 Å². The molecule has 1 saturated carbocycles. The molecule has 1 aromatic heterocycles. The fraction of sp³-hybridized carbons (Fsp3) is 0.846. The minimum absolute atomic E-state index is 0.486. The highest BCUT2D eigenvalue weighted by Gasteiger charge is 2.14. The molecule has 0 bridgehead atoms. The molecule has 1 heterocycles. The van der Waals surface area contributed by atoms with Crippen molar-refractivity contribution in [3.05, 3.63) is 12.2 Å². The fourth-order valence-corrected chi connectivity index (χ4v) is 2.43. The van der Waals surface area contributed by atoms with Crippen LogP contribution in [0.15, 0.2) is 6.33 Å². The maximum atomic E-state index is 4.52. The molecular weight excluding hydrogens is 212 g/mol. The van der Waals surface area contributed by atoms with E-state index in [1.807, 2.05) is 11.0 Å². The Hall–Kier alpha value is -0.900. The highest BCUT2D eigenvalue weighted by atomic mass is 15.3. The lowest BCUT2D eigenvalue weighted by atomic mass is 9.89. The van der Waals surface area contributed by atoms with E-state index < -0.39 is 0 Å². The van der Waals surface area contributed by atoms with E-state index in [9.17, 15) is 0 Å². The Morgan fingerprint density at radius 3 is 2.82 bits per heavy atom. The van der Waals surface area contributed by atoms with Crippen LogP contribution in [0.25, 0.3) is 0 Å². The van der Waals surface area contributed by atoms with E-state index in [1.165, 1.54) is 32.1 Å². The number of aromatic nitrogens is 3. The van der Waals surface area contributed by atoms with Gasteiger partial charge in [0.15, 0.2) is 5.82 Å². The Kier molecular flexibility index (Phi) is 4.54. The summed E-state index contributed by atoms with van der Waals surface area (Å²) in [6.45, 7) is 6.10. The second-order valence-electron chi connectivity index (χ2n) is 5.42. The predicted octanol–water partition coefficient (Wildman–Crippen LogP) is 2.36. The third-order valence-corrected chi connectivity index (χ3v) is 3.42. The molecule has 0 radical (unpaired) electrons. The van der Waals surface area contributed by atoms with Crippen molar-refractivity contribution in [1.82, 2.24) is 20.1 Å². The molecule has 4 nitrogen and oxygen atoms in total. The standard InChI is InChI=1S/C13H24N4/c1-11(2)14-8-13-15-10-17(16-13)9-12-6-4-3-5-7-12/h10-12,14H,3-9H2,1-2H3. The van der Waals surface area contributed by atoms with E-state index in [1.54, 1.807) is 0 Å². The number of nitrogens with one attached hydrogen (secondary N) is 1. The van der Waals surface area contributed by atoms with Gasteiger partial charge >= 0.3 is 0 Å². The van der Waals surface area contributed by atoms with Crippen molar-refractivity contribution >= 4 is 0 Å². The average molecular weight is 236 g/mol. The summed E-state index contributed by atoms with van der Waals surface area (Å²) in [7, 11) is 0. The van der Waals surface area contributed by atoms with Gasteiger partial charge in [0.2, 0.25) is 0 Å². The first-order valence-corrected chi connectivity index (χ1v) is 6.86. The summed E-state index contributed by atoms with van der Waals surface area (Å²) in [5, 5.41) is 7.86. The minimum Gasteiger partial charge on any atom is -0.308 e. The summed E-state index contributed by atoms with van der Waals surface area (Å²) < 4.78 is 2.02. The third kappa shape index (κ3) is 4.11. The second kappa shape index (κ2) is 6.15. The molecule has 0 atom stereocenters. The van der Waals surface area contributed by atoms with Crippen LogP contribution in [0.4, 0.5) is 0 Å². The van der Waals surface area contributed by atoms with Crippen LogP contribution in [0.3, 0.4) is 0 Å². The number of hydrogen-bond donors (Lipinski definition) is 1. The van der Waals surface area contributed by atoms with Gasteiger partial charge in [-0.2, -0.15) is 5.10 Å². The zero-order valence-corrected chi connectivity index (χ0v) is 11.0. The van der Waals surface area contributed by atoms with Crippen LogP contribution in [0.1, 0.15) is 51.8 Å². The average Bonchev–Trinajstić information content (AvgIpc) is 2.75. The summed E-state index contributed by atoms with van der Waals surface area (Å²) in [5.41, 5.74) is 0. The van der Waals surface area contributed by atoms with Gasteiger partial charge in [0.25, 0.3) is 0 Å². The van der Waals surface area contributed by atoms with Crippen LogP contribution < -0.4 is 5.32 Å². The third-order valence-electron chi connectivity index (χ3n) is 3.42. The minimum atomic E-state index is 0.486. The SMILES string of the molecule is CC(C)NCc1ncn(CC2CCCCC2)n1. The molecule has 0 aromatic carbocycles. The van der Waals surface area contributed by atoms with Crippen LogP contribution >= 0.6 is 0 Å². The van der Waals surface area contributed by atoms with Crippen molar-refractivity contribution in [1.29, 1.82) is 0 Å². The summed E-state index contributed by atoms with van der Waals surface area (Å²) in [4.78, 5) is 4.34. The fourth-order valence-electron chi connectivity index (χ4n) is 2.43. The van der Waals surface area contributed by atoms with Gasteiger partial charge in [-0.25, -0.2) is 4.98 Å². The Morgan fingerprint density at radius 2 is 2.12 bits per heavy atom. The number of rotatable bonds is 5. The summed E-state index contributed by atoms with van der Waals surface area (Å²) in [6.07, 6.45) is 8.80. The number of hydrogen-bond acceptors (Lipinski definition) is 3. The maximum absolute atomic E-state index is 4.52. The van der Waals surface area contributed by atoms with E-state index in [4.69, 9.17) is 0 Å². The first kappa shape index (κ1) is 12.6. The largest absolute Gasteiger partial charge is 0.308 e. The van der Waals surface area contributed by atoms with Crippen molar-refractivity contribution in [2.24, 2.45) is 5.92 Å².